The van der Waals surface area contributed by atoms with Crippen LogP contribution in [0.5, 0.6) is 11.5 Å². The maximum atomic E-state index is 13.0. The number of hydrogen-bond acceptors (Lipinski definition) is 4. The van der Waals surface area contributed by atoms with Crippen LogP contribution in [-0.4, -0.2) is 31.2 Å². The van der Waals surface area contributed by atoms with Crippen molar-refractivity contribution in [2.75, 3.05) is 14.2 Å². The molecule has 1 aromatic carbocycles. The molecule has 0 radical (unpaired) electrons. The van der Waals surface area contributed by atoms with E-state index in [1.165, 1.54) is 32.8 Å². The molecule has 154 valence electrons. The lowest BCUT2D eigenvalue weighted by atomic mass is 9.67. The summed E-state index contributed by atoms with van der Waals surface area (Å²) in [4.78, 5) is 24.4. The molecule has 0 saturated heterocycles. The first-order valence-electron chi connectivity index (χ1n) is 10.3. The maximum Gasteiger partial charge on any atom is 0.305 e. The summed E-state index contributed by atoms with van der Waals surface area (Å²) in [5, 5.41) is 12.3. The first kappa shape index (κ1) is 20.5. The van der Waals surface area contributed by atoms with Crippen LogP contribution >= 0.6 is 0 Å². The van der Waals surface area contributed by atoms with Gasteiger partial charge < -0.3 is 19.9 Å². The topological polar surface area (TPSA) is 84.9 Å². The lowest BCUT2D eigenvalue weighted by molar-refractivity contribution is -0.138. The van der Waals surface area contributed by atoms with Crippen LogP contribution in [0.2, 0.25) is 0 Å². The maximum absolute atomic E-state index is 13.0. The fraction of sp³-hybridized carbons (Fsp3) is 0.636. The Morgan fingerprint density at radius 1 is 1.07 bits per heavy atom. The van der Waals surface area contributed by atoms with Crippen molar-refractivity contribution in [3.63, 3.8) is 0 Å². The Morgan fingerprint density at radius 3 is 2.46 bits per heavy atom. The van der Waals surface area contributed by atoms with E-state index in [9.17, 15) is 14.7 Å². The lowest BCUT2D eigenvalue weighted by Gasteiger charge is -2.39. The zero-order valence-corrected chi connectivity index (χ0v) is 16.8. The summed E-state index contributed by atoms with van der Waals surface area (Å²) in [7, 11) is 3.09. The summed E-state index contributed by atoms with van der Waals surface area (Å²) in [6, 6.07) is 4.68. The molecule has 2 N–H and O–H groups in total. The predicted octanol–water partition coefficient (Wildman–Crippen LogP) is 3.94. The fourth-order valence-corrected chi connectivity index (χ4v) is 4.90. The second-order valence-electron chi connectivity index (χ2n) is 8.09. The second kappa shape index (κ2) is 9.30. The summed E-state index contributed by atoms with van der Waals surface area (Å²) < 4.78 is 10.6. The van der Waals surface area contributed by atoms with E-state index in [2.05, 4.69) is 5.32 Å². The number of carbonyl (C=O) groups is 2. The third-order valence-electron chi connectivity index (χ3n) is 6.42. The highest BCUT2D eigenvalue weighted by Gasteiger charge is 2.35. The Balaban J connectivity index is 1.71. The van der Waals surface area contributed by atoms with E-state index in [-0.39, 0.29) is 18.2 Å². The molecular weight excluding hydrogens is 358 g/mol. The van der Waals surface area contributed by atoms with Gasteiger partial charge in [-0.15, -0.1) is 0 Å². The van der Waals surface area contributed by atoms with E-state index in [1.54, 1.807) is 25.3 Å². The number of methoxy groups -OCH3 is 2. The van der Waals surface area contributed by atoms with Gasteiger partial charge >= 0.3 is 5.97 Å². The molecule has 2 aliphatic rings. The third kappa shape index (κ3) is 4.78. The molecule has 6 heteroatoms. The summed E-state index contributed by atoms with van der Waals surface area (Å²) in [5.74, 6) is 1.53. The van der Waals surface area contributed by atoms with Gasteiger partial charge in [0.2, 0.25) is 5.91 Å². The van der Waals surface area contributed by atoms with Crippen molar-refractivity contribution in [2.24, 2.45) is 17.8 Å². The Hall–Kier alpha value is -2.24. The molecule has 0 spiro atoms. The second-order valence-corrected chi connectivity index (χ2v) is 8.09. The average Bonchev–Trinajstić information content (AvgIpc) is 2.71. The van der Waals surface area contributed by atoms with Crippen LogP contribution in [0.4, 0.5) is 0 Å². The highest BCUT2D eigenvalue weighted by Crippen LogP contribution is 2.43. The van der Waals surface area contributed by atoms with Crippen molar-refractivity contribution in [3.8, 4) is 11.5 Å². The minimum absolute atomic E-state index is 0.0178. The minimum Gasteiger partial charge on any atom is -0.493 e. The van der Waals surface area contributed by atoms with Crippen LogP contribution in [0.1, 0.15) is 63.0 Å². The quantitative estimate of drug-likeness (QED) is 0.738. The van der Waals surface area contributed by atoms with Crippen LogP contribution in [0.3, 0.4) is 0 Å². The third-order valence-corrected chi connectivity index (χ3v) is 6.42. The van der Waals surface area contributed by atoms with Gasteiger partial charge in [-0.1, -0.05) is 31.7 Å². The molecule has 3 rings (SSSR count). The van der Waals surface area contributed by atoms with Crippen LogP contribution in [-0.2, 0) is 9.59 Å². The van der Waals surface area contributed by atoms with Gasteiger partial charge in [-0.25, -0.2) is 0 Å². The molecule has 0 heterocycles. The summed E-state index contributed by atoms with van der Waals surface area (Å²) in [6.45, 7) is 0. The summed E-state index contributed by atoms with van der Waals surface area (Å²) >= 11 is 0. The van der Waals surface area contributed by atoms with E-state index in [4.69, 9.17) is 9.47 Å². The first-order valence-corrected chi connectivity index (χ1v) is 10.3. The molecular formula is C22H31NO5. The minimum atomic E-state index is -0.948. The zero-order valence-electron chi connectivity index (χ0n) is 16.8. The molecule has 6 nitrogen and oxygen atoms in total. The average molecular weight is 389 g/mol. The molecule has 2 saturated carbocycles. The number of fused-ring (bicyclic) bond motifs is 1. The molecule has 4 unspecified atom stereocenters. The Labute approximate surface area is 166 Å². The molecule has 0 aromatic heterocycles. The number of benzene rings is 1. The van der Waals surface area contributed by atoms with Crippen LogP contribution in [0.25, 0.3) is 0 Å². The van der Waals surface area contributed by atoms with Crippen molar-refractivity contribution in [2.45, 2.75) is 57.4 Å². The number of hydrogen-bond donors (Lipinski definition) is 2. The van der Waals surface area contributed by atoms with E-state index in [0.717, 1.165) is 25.2 Å². The normalized spacial score (nSPS) is 25.3. The number of amides is 1. The SMILES string of the molecule is COc1ccc(C(CC(=O)O)NC(=O)C2CCC3CCCCC3C2)cc1OC. The lowest BCUT2D eigenvalue weighted by Crippen LogP contribution is -2.39. The summed E-state index contributed by atoms with van der Waals surface area (Å²) in [6.07, 6.45) is 7.89. The van der Waals surface area contributed by atoms with E-state index in [1.807, 2.05) is 0 Å². The van der Waals surface area contributed by atoms with Crippen LogP contribution in [0.15, 0.2) is 18.2 Å². The molecule has 1 amide bonds. The van der Waals surface area contributed by atoms with Crippen molar-refractivity contribution in [1.29, 1.82) is 0 Å². The van der Waals surface area contributed by atoms with Gasteiger partial charge in [0.25, 0.3) is 0 Å². The van der Waals surface area contributed by atoms with Gasteiger partial charge in [-0.3, -0.25) is 9.59 Å². The summed E-state index contributed by atoms with van der Waals surface area (Å²) in [5.41, 5.74) is 0.708. The van der Waals surface area contributed by atoms with Crippen molar-refractivity contribution < 1.29 is 24.2 Å². The number of rotatable bonds is 7. The molecule has 0 aliphatic heterocycles. The Kier molecular flexibility index (Phi) is 6.81. The fourth-order valence-electron chi connectivity index (χ4n) is 4.90. The number of carboxylic acids is 1. The number of nitrogens with one attached hydrogen (secondary N) is 1. The molecule has 4 atom stereocenters. The zero-order chi connectivity index (χ0) is 20.1. The number of aliphatic carboxylic acids is 1. The van der Waals surface area contributed by atoms with E-state index in [0.29, 0.717) is 23.0 Å². The van der Waals surface area contributed by atoms with Gasteiger partial charge in [0, 0.05) is 5.92 Å². The molecule has 28 heavy (non-hydrogen) atoms. The largest absolute Gasteiger partial charge is 0.493 e. The van der Waals surface area contributed by atoms with Gasteiger partial charge in [-0.2, -0.15) is 0 Å². The van der Waals surface area contributed by atoms with E-state index >= 15 is 0 Å². The highest BCUT2D eigenvalue weighted by atomic mass is 16.5. The molecule has 2 fully saturated rings. The molecule has 2 aliphatic carbocycles. The smallest absolute Gasteiger partial charge is 0.305 e. The standard InChI is InChI=1S/C22H31NO5/c1-27-19-10-9-16(12-20(19)28-2)18(13-21(24)25)23-22(26)17-8-7-14-5-3-4-6-15(14)11-17/h9-10,12,14-15,17-18H,3-8,11,13H2,1-2H3,(H,23,26)(H,24,25). The van der Waals surface area contributed by atoms with Crippen LogP contribution in [0, 0.1) is 17.8 Å². The van der Waals surface area contributed by atoms with Crippen molar-refractivity contribution in [3.05, 3.63) is 23.8 Å². The van der Waals surface area contributed by atoms with Gasteiger partial charge in [0.1, 0.15) is 0 Å². The number of ether oxygens (including phenoxy) is 2. The van der Waals surface area contributed by atoms with Crippen molar-refractivity contribution in [1.82, 2.24) is 5.32 Å². The first-order chi connectivity index (χ1) is 13.5. The number of carbonyl (C=O) groups excluding carboxylic acids is 1. The Morgan fingerprint density at radius 2 is 1.79 bits per heavy atom. The van der Waals surface area contributed by atoms with Crippen molar-refractivity contribution >= 4 is 11.9 Å². The van der Waals surface area contributed by atoms with Gasteiger partial charge in [0.15, 0.2) is 11.5 Å². The Bertz CT molecular complexity index is 704. The number of carboxylic acid groups (broad SMARTS) is 1. The molecule has 1 aromatic rings. The molecule has 0 bridgehead atoms. The predicted molar refractivity (Wildman–Crippen MR) is 105 cm³/mol. The van der Waals surface area contributed by atoms with Gasteiger partial charge in [0.05, 0.1) is 26.7 Å². The monoisotopic (exact) mass is 389 g/mol. The van der Waals surface area contributed by atoms with E-state index < -0.39 is 12.0 Å². The van der Waals surface area contributed by atoms with Crippen LogP contribution < -0.4 is 14.8 Å². The van der Waals surface area contributed by atoms with Gasteiger partial charge in [-0.05, 0) is 48.8 Å². The highest BCUT2D eigenvalue weighted by molar-refractivity contribution is 5.80.